The number of carbonyl (C=O) groups excluding carboxylic acids is 2. The van der Waals surface area contributed by atoms with Gasteiger partial charge in [-0.3, -0.25) is 19.5 Å². The van der Waals surface area contributed by atoms with E-state index in [1.165, 1.54) is 4.90 Å². The number of nitrogens with two attached hydrogens (primary N) is 1. The number of pyridine rings is 1. The number of likely N-dealkylation sites (tertiary alicyclic amines) is 1. The van der Waals surface area contributed by atoms with E-state index in [0.717, 1.165) is 36.8 Å². The fraction of sp³-hybridized carbons (Fsp3) is 0.440. The van der Waals surface area contributed by atoms with Crippen LogP contribution in [0.1, 0.15) is 47.2 Å². The largest absolute Gasteiger partial charge is 0.383 e. The number of amides is 2. The summed E-state index contributed by atoms with van der Waals surface area (Å²) in [4.78, 5) is 39.2. The van der Waals surface area contributed by atoms with Crippen molar-refractivity contribution in [3.8, 4) is 0 Å². The molecule has 33 heavy (non-hydrogen) atoms. The first kappa shape index (κ1) is 21.6. The number of nitrogens with zero attached hydrogens (tertiary/aromatic N) is 4. The third-order valence-corrected chi connectivity index (χ3v) is 6.90. The molecule has 2 aliphatic heterocycles. The van der Waals surface area contributed by atoms with E-state index in [1.54, 1.807) is 25.6 Å². The van der Waals surface area contributed by atoms with Crippen LogP contribution in [-0.2, 0) is 21.6 Å². The van der Waals surface area contributed by atoms with Crippen molar-refractivity contribution in [1.29, 1.82) is 0 Å². The lowest BCUT2D eigenvalue weighted by atomic mass is 9.85. The Bertz CT molecular complexity index is 1080. The Kier molecular flexibility index (Phi) is 5.62. The van der Waals surface area contributed by atoms with Crippen LogP contribution < -0.4 is 5.73 Å². The summed E-state index contributed by atoms with van der Waals surface area (Å²) in [5, 5.41) is 0. The van der Waals surface area contributed by atoms with Gasteiger partial charge in [0.05, 0.1) is 24.8 Å². The number of aliphatic imine (C=N–C) groups is 1. The number of carbonyl (C=O) groups is 2. The quantitative estimate of drug-likeness (QED) is 0.702. The standard InChI is InChI=1S/C25H29N5O3/c1-33-16-21-8-5-11-29(21)22(31)18-12-17(13-27-14-18)15-30-23(32)25(20-9-10-20,28-24(30)26)19-6-3-2-4-7-19/h2-4,6-7,12-14,20-21H,5,8-11,15-16H2,1H3,(H2,26,28)/t21-,25?/m1/s1. The molecule has 2 atom stereocenters. The molecule has 8 nitrogen and oxygen atoms in total. The second-order valence-corrected chi connectivity index (χ2v) is 9.10. The number of guanidine groups is 1. The van der Waals surface area contributed by atoms with E-state index in [-0.39, 0.29) is 36.3 Å². The van der Waals surface area contributed by atoms with E-state index in [0.29, 0.717) is 18.7 Å². The minimum absolute atomic E-state index is 0.0603. The van der Waals surface area contributed by atoms with Gasteiger partial charge in [-0.1, -0.05) is 30.3 Å². The van der Waals surface area contributed by atoms with E-state index in [2.05, 4.69) is 4.98 Å². The van der Waals surface area contributed by atoms with Crippen LogP contribution in [0.4, 0.5) is 0 Å². The van der Waals surface area contributed by atoms with Crippen molar-refractivity contribution in [2.75, 3.05) is 20.3 Å². The molecule has 1 aromatic heterocycles. The van der Waals surface area contributed by atoms with Crippen molar-refractivity contribution in [1.82, 2.24) is 14.8 Å². The third-order valence-electron chi connectivity index (χ3n) is 6.90. The highest BCUT2D eigenvalue weighted by molar-refractivity contribution is 6.07. The SMILES string of the molecule is COC[C@H]1CCCN1C(=O)c1cncc(CN2C(=O)C(c3ccccc3)(C3CC3)N=C2N)c1. The smallest absolute Gasteiger partial charge is 0.262 e. The van der Waals surface area contributed by atoms with Crippen molar-refractivity contribution in [2.45, 2.75) is 43.8 Å². The van der Waals surface area contributed by atoms with Gasteiger partial charge in [-0.2, -0.15) is 0 Å². The predicted octanol–water partition coefficient (Wildman–Crippen LogP) is 2.29. The lowest BCUT2D eigenvalue weighted by Gasteiger charge is -2.27. The van der Waals surface area contributed by atoms with Crippen LogP contribution >= 0.6 is 0 Å². The van der Waals surface area contributed by atoms with Gasteiger partial charge in [-0.15, -0.1) is 0 Å². The van der Waals surface area contributed by atoms with Crippen LogP contribution in [0.2, 0.25) is 0 Å². The van der Waals surface area contributed by atoms with Gasteiger partial charge >= 0.3 is 0 Å². The van der Waals surface area contributed by atoms with Gasteiger partial charge in [0.2, 0.25) is 0 Å². The Morgan fingerprint density at radius 2 is 2.00 bits per heavy atom. The molecular weight excluding hydrogens is 418 g/mol. The Hall–Kier alpha value is -3.26. The molecule has 172 valence electrons. The molecule has 3 aliphatic rings. The maximum absolute atomic E-state index is 13.7. The van der Waals surface area contributed by atoms with E-state index in [4.69, 9.17) is 15.5 Å². The van der Waals surface area contributed by atoms with Gasteiger partial charge in [0.25, 0.3) is 11.8 Å². The Labute approximate surface area is 193 Å². The number of aromatic nitrogens is 1. The summed E-state index contributed by atoms with van der Waals surface area (Å²) in [6.45, 7) is 1.46. The minimum Gasteiger partial charge on any atom is -0.383 e. The Balaban J connectivity index is 1.38. The summed E-state index contributed by atoms with van der Waals surface area (Å²) in [7, 11) is 1.65. The number of hydrogen-bond acceptors (Lipinski definition) is 6. The van der Waals surface area contributed by atoms with Gasteiger partial charge in [0, 0.05) is 26.0 Å². The molecule has 8 heteroatoms. The molecule has 2 aromatic rings. The van der Waals surface area contributed by atoms with Crippen LogP contribution in [0.5, 0.6) is 0 Å². The normalized spacial score (nSPS) is 24.9. The number of ether oxygens (including phenoxy) is 1. The van der Waals surface area contributed by atoms with Crippen molar-refractivity contribution >= 4 is 17.8 Å². The molecule has 1 aromatic carbocycles. The lowest BCUT2D eigenvalue weighted by Crippen LogP contribution is -2.43. The molecule has 2 N–H and O–H groups in total. The number of hydrogen-bond donors (Lipinski definition) is 1. The van der Waals surface area contributed by atoms with E-state index >= 15 is 0 Å². The fourth-order valence-corrected chi connectivity index (χ4v) is 5.14. The third kappa shape index (κ3) is 3.78. The van der Waals surface area contributed by atoms with Crippen LogP contribution in [0.25, 0.3) is 0 Å². The van der Waals surface area contributed by atoms with Crippen LogP contribution in [0.3, 0.4) is 0 Å². The molecule has 1 saturated heterocycles. The molecule has 1 unspecified atom stereocenters. The van der Waals surface area contributed by atoms with Crippen molar-refractivity contribution in [3.05, 3.63) is 65.5 Å². The summed E-state index contributed by atoms with van der Waals surface area (Å²) in [6, 6.07) is 11.6. The van der Waals surface area contributed by atoms with Crippen molar-refractivity contribution in [3.63, 3.8) is 0 Å². The maximum atomic E-state index is 13.7. The molecule has 5 rings (SSSR count). The first-order valence-corrected chi connectivity index (χ1v) is 11.5. The molecule has 2 amide bonds. The first-order chi connectivity index (χ1) is 16.0. The molecule has 0 radical (unpaired) electrons. The maximum Gasteiger partial charge on any atom is 0.262 e. The lowest BCUT2D eigenvalue weighted by molar-refractivity contribution is -0.132. The molecule has 3 heterocycles. The monoisotopic (exact) mass is 447 g/mol. The molecule has 0 bridgehead atoms. The fourth-order valence-electron chi connectivity index (χ4n) is 5.14. The molecule has 2 fully saturated rings. The van der Waals surface area contributed by atoms with E-state index in [1.807, 2.05) is 35.2 Å². The van der Waals surface area contributed by atoms with Crippen molar-refractivity contribution in [2.24, 2.45) is 16.6 Å². The molecule has 1 saturated carbocycles. The topological polar surface area (TPSA) is 101 Å². The second kappa shape index (κ2) is 8.59. The second-order valence-electron chi connectivity index (χ2n) is 9.10. The predicted molar refractivity (Wildman–Crippen MR) is 123 cm³/mol. The van der Waals surface area contributed by atoms with Gasteiger partial charge in [0.15, 0.2) is 11.5 Å². The number of rotatable bonds is 7. The summed E-state index contributed by atoms with van der Waals surface area (Å²) in [5.74, 6) is 0.210. The average molecular weight is 448 g/mol. The van der Waals surface area contributed by atoms with Gasteiger partial charge in [0.1, 0.15) is 0 Å². The zero-order valence-electron chi connectivity index (χ0n) is 18.8. The van der Waals surface area contributed by atoms with E-state index in [9.17, 15) is 9.59 Å². The van der Waals surface area contributed by atoms with Crippen LogP contribution in [0, 0.1) is 5.92 Å². The Morgan fingerprint density at radius 3 is 2.73 bits per heavy atom. The van der Waals surface area contributed by atoms with Crippen LogP contribution in [-0.4, -0.2) is 58.9 Å². The zero-order chi connectivity index (χ0) is 23.0. The first-order valence-electron chi connectivity index (χ1n) is 11.5. The summed E-state index contributed by atoms with van der Waals surface area (Å²) >= 11 is 0. The minimum atomic E-state index is -0.949. The van der Waals surface area contributed by atoms with Gasteiger partial charge in [-0.25, -0.2) is 4.99 Å². The highest BCUT2D eigenvalue weighted by atomic mass is 16.5. The van der Waals surface area contributed by atoms with Gasteiger partial charge < -0.3 is 15.4 Å². The Morgan fingerprint density at radius 1 is 1.21 bits per heavy atom. The highest BCUT2D eigenvalue weighted by Crippen LogP contribution is 2.51. The molecular formula is C25H29N5O3. The van der Waals surface area contributed by atoms with Gasteiger partial charge in [-0.05, 0) is 48.8 Å². The number of methoxy groups -OCH3 is 1. The highest BCUT2D eigenvalue weighted by Gasteiger charge is 2.57. The number of benzene rings is 1. The molecule has 1 aliphatic carbocycles. The van der Waals surface area contributed by atoms with Crippen LogP contribution in [0.15, 0.2) is 53.8 Å². The van der Waals surface area contributed by atoms with Crippen molar-refractivity contribution < 1.29 is 14.3 Å². The summed E-state index contributed by atoms with van der Waals surface area (Å²) in [5.41, 5.74) is 7.47. The molecule has 0 spiro atoms. The summed E-state index contributed by atoms with van der Waals surface area (Å²) < 4.78 is 5.28. The zero-order valence-corrected chi connectivity index (χ0v) is 18.8. The summed E-state index contributed by atoms with van der Waals surface area (Å²) in [6.07, 6.45) is 7.06. The average Bonchev–Trinajstić information content (AvgIpc) is 3.54. The van der Waals surface area contributed by atoms with E-state index < -0.39 is 5.54 Å².